The number of unbranched alkanes of at least 4 members (excludes halogenated alkanes) is 36. The number of aliphatic hydroxyl groups is 11. The first-order chi connectivity index (χ1) is 45.9. The van der Waals surface area contributed by atoms with Crippen molar-refractivity contribution in [2.75, 3.05) is 26.4 Å². The number of hydrogen-bond donors (Lipinski definition) is 14. The number of aliphatic carboxylic acids is 1. The van der Waals surface area contributed by atoms with Crippen LogP contribution in [0.2, 0.25) is 0 Å². The van der Waals surface area contributed by atoms with Gasteiger partial charge in [0.1, 0.15) is 67.1 Å². The highest BCUT2D eigenvalue weighted by Gasteiger charge is 2.60. The molecule has 23 heteroatoms. The summed E-state index contributed by atoms with van der Waals surface area (Å²) in [7, 11) is 0. The lowest BCUT2D eigenvalue weighted by molar-refractivity contribution is -0.386. The van der Waals surface area contributed by atoms with Gasteiger partial charge in [-0.3, -0.25) is 9.59 Å². The van der Waals surface area contributed by atoms with Gasteiger partial charge in [-0.15, -0.1) is 0 Å². The van der Waals surface area contributed by atoms with Gasteiger partial charge in [0.15, 0.2) is 12.6 Å². The fourth-order valence-corrected chi connectivity index (χ4v) is 13.2. The number of rotatable bonds is 58. The summed E-state index contributed by atoms with van der Waals surface area (Å²) >= 11 is 0. The molecular formula is C72H134N2O21. The van der Waals surface area contributed by atoms with Crippen LogP contribution in [0.4, 0.5) is 0 Å². The third kappa shape index (κ3) is 34.1. The van der Waals surface area contributed by atoms with Gasteiger partial charge >= 0.3 is 5.97 Å². The van der Waals surface area contributed by atoms with E-state index in [0.29, 0.717) is 19.3 Å². The number of carbonyl (C=O) groups is 3. The number of allylic oxidation sites excluding steroid dienone is 2. The molecule has 3 rings (SSSR count). The molecular weight excluding hydrogens is 1230 g/mol. The summed E-state index contributed by atoms with van der Waals surface area (Å²) in [4.78, 5) is 38.5. The van der Waals surface area contributed by atoms with E-state index in [1.807, 2.05) is 0 Å². The van der Waals surface area contributed by atoms with Crippen LogP contribution in [0.3, 0.4) is 0 Å². The first-order valence-electron chi connectivity index (χ1n) is 37.5. The molecule has 0 bridgehead atoms. The molecule has 0 spiro atoms. The Bertz CT molecular complexity index is 1960. The monoisotopic (exact) mass is 1360 g/mol. The Morgan fingerprint density at radius 1 is 0.537 bits per heavy atom. The summed E-state index contributed by atoms with van der Waals surface area (Å²) in [6.45, 7) is 2.18. The van der Waals surface area contributed by atoms with E-state index in [-0.39, 0.29) is 18.9 Å². The molecule has 0 saturated carbocycles. The molecule has 3 saturated heterocycles. The summed E-state index contributed by atoms with van der Waals surface area (Å²) < 4.78 is 34.8. The van der Waals surface area contributed by atoms with Crippen molar-refractivity contribution in [2.45, 2.75) is 400 Å². The van der Waals surface area contributed by atoms with Gasteiger partial charge in [-0.05, 0) is 38.5 Å². The van der Waals surface area contributed by atoms with Crippen LogP contribution in [0.15, 0.2) is 12.2 Å². The Morgan fingerprint density at radius 3 is 1.42 bits per heavy atom. The van der Waals surface area contributed by atoms with Crippen LogP contribution >= 0.6 is 0 Å². The molecule has 3 fully saturated rings. The smallest absolute Gasteiger partial charge is 0.364 e. The molecule has 558 valence electrons. The predicted molar refractivity (Wildman–Crippen MR) is 362 cm³/mol. The van der Waals surface area contributed by atoms with Crippen molar-refractivity contribution in [3.63, 3.8) is 0 Å². The van der Waals surface area contributed by atoms with Crippen molar-refractivity contribution in [3.8, 4) is 0 Å². The summed E-state index contributed by atoms with van der Waals surface area (Å²) in [5, 5.41) is 136. The maximum absolute atomic E-state index is 13.5. The van der Waals surface area contributed by atoms with Crippen LogP contribution < -0.4 is 10.6 Å². The fraction of sp³-hybridized carbons (Fsp3) is 0.931. The van der Waals surface area contributed by atoms with Gasteiger partial charge in [-0.25, -0.2) is 4.79 Å². The average molecular weight is 1360 g/mol. The van der Waals surface area contributed by atoms with E-state index in [4.69, 9.17) is 28.4 Å². The molecule has 0 aromatic carbocycles. The highest BCUT2D eigenvalue weighted by atomic mass is 16.8. The van der Waals surface area contributed by atoms with Gasteiger partial charge in [0.05, 0.1) is 50.7 Å². The maximum Gasteiger partial charge on any atom is 0.364 e. The summed E-state index contributed by atoms with van der Waals surface area (Å²) in [5.74, 6) is -6.10. The van der Waals surface area contributed by atoms with Crippen molar-refractivity contribution in [2.24, 2.45) is 0 Å². The number of ether oxygens (including phenoxy) is 6. The molecule has 14 N–H and O–H groups in total. The lowest BCUT2D eigenvalue weighted by atomic mass is 9.88. The molecule has 3 aliphatic heterocycles. The lowest BCUT2D eigenvalue weighted by Gasteiger charge is -2.50. The van der Waals surface area contributed by atoms with Crippen LogP contribution in [0, 0.1) is 0 Å². The molecule has 0 aromatic rings. The summed E-state index contributed by atoms with van der Waals surface area (Å²) in [6, 6.07) is -2.52. The molecule has 0 radical (unpaired) electrons. The van der Waals surface area contributed by atoms with Gasteiger partial charge < -0.3 is 100 Å². The molecule has 23 nitrogen and oxygen atoms in total. The fourth-order valence-electron chi connectivity index (χ4n) is 13.2. The van der Waals surface area contributed by atoms with E-state index in [0.717, 1.165) is 58.3 Å². The minimum atomic E-state index is -3.08. The number of nitrogens with one attached hydrogen (secondary N) is 2. The number of carbonyl (C=O) groups excluding carboxylic acids is 2. The standard InChI is InChI=1S/C72H134N2O21/c1-4-6-8-10-12-14-15-16-17-18-19-20-21-22-23-24-25-26-27-28-29-30-31-32-33-34-35-36-38-40-42-44-46-59(82)74-53(54(79)45-43-41-39-37-13-11-9-7-5-2)51-90-69-64(86)63(85)66(58(50-77)92-69)93-70-65(87)68(62(84)57(49-76)91-70)95-72(71(88)89)47-55(80)60(73-52(3)78)67(94-72)61(83)56(81)48-75/h22-23,53-58,60-70,75-77,79-81,83-87H,4-21,24-51H2,1-3H3,(H,73,78)(H,74,82)(H,88,89)/b23-22-. The highest BCUT2D eigenvalue weighted by Crippen LogP contribution is 2.39. The van der Waals surface area contributed by atoms with Gasteiger partial charge in [0, 0.05) is 19.8 Å². The zero-order valence-electron chi connectivity index (χ0n) is 58.5. The van der Waals surface area contributed by atoms with Crippen molar-refractivity contribution in [3.05, 3.63) is 12.2 Å². The van der Waals surface area contributed by atoms with Crippen LogP contribution in [0.5, 0.6) is 0 Å². The first kappa shape index (κ1) is 86.7. The molecule has 18 unspecified atom stereocenters. The Hall–Kier alpha value is -2.53. The zero-order chi connectivity index (χ0) is 69.6. The average Bonchev–Trinajstić information content (AvgIpc) is 0.759. The van der Waals surface area contributed by atoms with Crippen LogP contribution in [-0.2, 0) is 42.8 Å². The summed E-state index contributed by atoms with van der Waals surface area (Å²) in [6.07, 6.45) is 24.1. The van der Waals surface area contributed by atoms with Crippen molar-refractivity contribution >= 4 is 17.8 Å². The molecule has 0 aliphatic carbocycles. The molecule has 2 amide bonds. The number of amides is 2. The van der Waals surface area contributed by atoms with Crippen LogP contribution in [-0.4, -0.2) is 215 Å². The van der Waals surface area contributed by atoms with E-state index in [2.05, 4.69) is 36.6 Å². The van der Waals surface area contributed by atoms with Crippen molar-refractivity contribution in [1.82, 2.24) is 10.6 Å². The Kier molecular flexibility index (Phi) is 47.9. The Balaban J connectivity index is 1.43. The van der Waals surface area contributed by atoms with E-state index in [1.165, 1.54) is 186 Å². The van der Waals surface area contributed by atoms with E-state index < -0.39 is 148 Å². The van der Waals surface area contributed by atoms with Crippen LogP contribution in [0.1, 0.15) is 290 Å². The van der Waals surface area contributed by atoms with Gasteiger partial charge in [0.25, 0.3) is 5.79 Å². The number of hydrogen-bond acceptors (Lipinski definition) is 20. The second-order valence-corrected chi connectivity index (χ2v) is 27.5. The molecule has 18 atom stereocenters. The SMILES string of the molecule is CCCCCCCCCCCCCC/C=C\CCCCCCCCCCCCCCCCCCC(=O)NC(COC1OC(CO)C(OC2OC(CO)C(O)C(OC3(C(=O)O)CC(O)C(NC(C)=O)C(C(O)C(O)CO)O3)C2O)C(O)C1O)C(O)CCCCCCCCCCC. The van der Waals surface area contributed by atoms with Crippen molar-refractivity contribution < 1.29 is 104 Å². The highest BCUT2D eigenvalue weighted by molar-refractivity contribution is 5.77. The molecule has 3 heterocycles. The minimum absolute atomic E-state index is 0.226. The quantitative estimate of drug-likeness (QED) is 0.0201. The minimum Gasteiger partial charge on any atom is -0.477 e. The lowest BCUT2D eigenvalue weighted by Crippen LogP contribution is -2.70. The largest absolute Gasteiger partial charge is 0.477 e. The first-order valence-corrected chi connectivity index (χ1v) is 37.5. The Labute approximate surface area is 569 Å². The third-order valence-corrected chi connectivity index (χ3v) is 19.2. The van der Waals surface area contributed by atoms with Crippen LogP contribution in [0.25, 0.3) is 0 Å². The van der Waals surface area contributed by atoms with Gasteiger partial charge in [-0.2, -0.15) is 0 Å². The number of carboxylic acids is 1. The second kappa shape index (κ2) is 52.5. The Morgan fingerprint density at radius 2 is 0.979 bits per heavy atom. The third-order valence-electron chi connectivity index (χ3n) is 19.2. The summed E-state index contributed by atoms with van der Waals surface area (Å²) in [5.41, 5.74) is 0. The number of aliphatic hydroxyl groups excluding tert-OH is 11. The topological polar surface area (TPSA) is 373 Å². The second-order valence-electron chi connectivity index (χ2n) is 27.5. The normalized spacial score (nSPS) is 27.7. The van der Waals surface area contributed by atoms with Gasteiger partial charge in [-0.1, -0.05) is 244 Å². The van der Waals surface area contributed by atoms with Crippen molar-refractivity contribution in [1.29, 1.82) is 0 Å². The zero-order valence-corrected chi connectivity index (χ0v) is 58.5. The molecule has 3 aliphatic rings. The predicted octanol–water partition coefficient (Wildman–Crippen LogP) is 8.24. The van der Waals surface area contributed by atoms with E-state index >= 15 is 0 Å². The van der Waals surface area contributed by atoms with E-state index in [1.54, 1.807) is 0 Å². The molecule has 0 aromatic heterocycles. The van der Waals surface area contributed by atoms with Gasteiger partial charge in [0.2, 0.25) is 11.8 Å². The number of carboxylic acid groups (broad SMARTS) is 1. The maximum atomic E-state index is 13.5. The van der Waals surface area contributed by atoms with E-state index in [9.17, 15) is 75.7 Å². The molecule has 95 heavy (non-hydrogen) atoms.